The molecule has 3 aromatic heterocycles. The van der Waals surface area contributed by atoms with Crippen LogP contribution in [-0.2, 0) is 0 Å². The molecule has 0 radical (unpaired) electrons. The quantitative estimate of drug-likeness (QED) is 0.201. The molecule has 0 fully saturated rings. The first-order valence-electron chi connectivity index (χ1n) is 13.1. The van der Waals surface area contributed by atoms with E-state index in [0.29, 0.717) is 24.0 Å². The number of para-hydroxylation sites is 1. The smallest absolute Gasteiger partial charge is 0.274 e. The minimum Gasteiger partial charge on any atom is -0.478 e. The summed E-state index contributed by atoms with van der Waals surface area (Å²) in [7, 11) is 0. The van der Waals surface area contributed by atoms with Crippen LogP contribution in [0.4, 0.5) is 5.69 Å². The summed E-state index contributed by atoms with van der Waals surface area (Å²) < 4.78 is 6.00. The first-order chi connectivity index (χ1) is 19.1. The number of fused-ring (bicyclic) bond motifs is 1. The van der Waals surface area contributed by atoms with E-state index in [9.17, 15) is 4.79 Å². The number of pyridine rings is 1. The molecule has 0 aliphatic rings. The molecule has 1 amide bonds. The number of hydrogen-bond acceptors (Lipinski definition) is 8. The normalized spacial score (nSPS) is 11.2. The maximum atomic E-state index is 13.5. The first-order valence-corrected chi connectivity index (χ1v) is 13.9. The Bertz CT molecular complexity index is 1520. The summed E-state index contributed by atoms with van der Waals surface area (Å²) in [4.78, 5) is 35.0. The molecule has 0 unspecified atom stereocenters. The van der Waals surface area contributed by atoms with Crippen LogP contribution in [0.3, 0.4) is 0 Å². The van der Waals surface area contributed by atoms with E-state index in [4.69, 9.17) is 9.72 Å². The molecule has 198 valence electrons. The molecule has 0 aliphatic heterocycles. The Balaban J connectivity index is 1.40. The van der Waals surface area contributed by atoms with Gasteiger partial charge in [0.25, 0.3) is 5.91 Å². The first kappa shape index (κ1) is 26.4. The van der Waals surface area contributed by atoms with Crippen LogP contribution in [0.2, 0.25) is 0 Å². The Hall–Kier alpha value is -4.21. The molecule has 1 N–H and O–H groups in total. The zero-order valence-electron chi connectivity index (χ0n) is 22.0. The van der Waals surface area contributed by atoms with Crippen LogP contribution >= 0.6 is 11.3 Å². The van der Waals surface area contributed by atoms with Crippen molar-refractivity contribution in [3.05, 3.63) is 84.7 Å². The number of thiazole rings is 1. The fourth-order valence-electron chi connectivity index (χ4n) is 4.19. The molecule has 0 saturated carbocycles. The number of aromatic nitrogens is 4. The molecule has 0 bridgehead atoms. The number of benzene rings is 2. The molecule has 0 spiro atoms. The average Bonchev–Trinajstić information content (AvgIpc) is 3.42. The highest BCUT2D eigenvalue weighted by molar-refractivity contribution is 7.21. The van der Waals surface area contributed by atoms with E-state index in [-0.39, 0.29) is 11.6 Å². The number of carbonyl (C=O) groups excluding carboxylic acids is 1. The Morgan fingerprint density at radius 2 is 1.74 bits per heavy atom. The zero-order chi connectivity index (χ0) is 27.0. The predicted molar refractivity (Wildman–Crippen MR) is 156 cm³/mol. The molecule has 3 heterocycles. The third-order valence-corrected chi connectivity index (χ3v) is 7.31. The van der Waals surface area contributed by atoms with Gasteiger partial charge in [-0.05, 0) is 43.8 Å². The van der Waals surface area contributed by atoms with Crippen molar-refractivity contribution in [2.75, 3.05) is 31.6 Å². The number of anilines is 1. The molecule has 9 heteroatoms. The standard InChI is InChI=1S/C30H30N6O2S/c1-3-36(4-2)18-11-19-38-26-20-25(32-27(35-26)21-12-6-5-7-13-21)28(37)33-23-15-9-8-14-22(23)29-34-24-16-10-17-31-30(24)39-29/h5-10,12-17,20H,3-4,11,18-19H2,1-2H3,(H,33,37). The Kier molecular flexibility index (Phi) is 8.50. The Morgan fingerprint density at radius 3 is 2.54 bits per heavy atom. The number of nitrogens with one attached hydrogen (secondary N) is 1. The van der Waals surface area contributed by atoms with Crippen molar-refractivity contribution in [2.24, 2.45) is 0 Å². The topological polar surface area (TPSA) is 93.1 Å². The molecule has 5 aromatic rings. The number of amides is 1. The lowest BCUT2D eigenvalue weighted by Crippen LogP contribution is -2.25. The Labute approximate surface area is 231 Å². The molecule has 39 heavy (non-hydrogen) atoms. The minimum absolute atomic E-state index is 0.225. The van der Waals surface area contributed by atoms with Crippen LogP contribution in [0.1, 0.15) is 30.8 Å². The number of hydrogen-bond donors (Lipinski definition) is 1. The fourth-order valence-corrected chi connectivity index (χ4v) is 5.13. The van der Waals surface area contributed by atoms with Gasteiger partial charge in [-0.3, -0.25) is 4.79 Å². The van der Waals surface area contributed by atoms with Crippen molar-refractivity contribution in [1.29, 1.82) is 0 Å². The van der Waals surface area contributed by atoms with Crippen molar-refractivity contribution in [3.63, 3.8) is 0 Å². The number of rotatable bonds is 11. The second-order valence-electron chi connectivity index (χ2n) is 8.86. The van der Waals surface area contributed by atoms with Gasteiger partial charge in [-0.15, -0.1) is 0 Å². The molecule has 0 atom stereocenters. The predicted octanol–water partition coefficient (Wildman–Crippen LogP) is 6.18. The summed E-state index contributed by atoms with van der Waals surface area (Å²) in [6.07, 6.45) is 2.61. The maximum absolute atomic E-state index is 13.5. The van der Waals surface area contributed by atoms with E-state index >= 15 is 0 Å². The van der Waals surface area contributed by atoms with Gasteiger partial charge in [-0.25, -0.2) is 15.0 Å². The van der Waals surface area contributed by atoms with Gasteiger partial charge >= 0.3 is 0 Å². The summed E-state index contributed by atoms with van der Waals surface area (Å²) >= 11 is 1.48. The number of ether oxygens (including phenoxy) is 1. The fraction of sp³-hybridized carbons (Fsp3) is 0.233. The third kappa shape index (κ3) is 6.45. The van der Waals surface area contributed by atoms with E-state index in [1.807, 2.05) is 66.7 Å². The zero-order valence-corrected chi connectivity index (χ0v) is 22.8. The molecule has 0 aliphatic carbocycles. The maximum Gasteiger partial charge on any atom is 0.274 e. The van der Waals surface area contributed by atoms with E-state index < -0.39 is 0 Å². The SMILES string of the molecule is CCN(CC)CCCOc1cc(C(=O)Nc2ccccc2-c2nc3cccnc3s2)nc(-c2ccccc2)n1. The van der Waals surface area contributed by atoms with Gasteiger partial charge < -0.3 is 15.0 Å². The van der Waals surface area contributed by atoms with Gasteiger partial charge in [0, 0.05) is 29.9 Å². The van der Waals surface area contributed by atoms with Gasteiger partial charge in [0.05, 0.1) is 12.3 Å². The lowest BCUT2D eigenvalue weighted by Gasteiger charge is -2.17. The van der Waals surface area contributed by atoms with Crippen molar-refractivity contribution >= 4 is 33.3 Å². The van der Waals surface area contributed by atoms with E-state index in [1.165, 1.54) is 11.3 Å². The van der Waals surface area contributed by atoms with Crippen LogP contribution in [0.25, 0.3) is 32.3 Å². The highest BCUT2D eigenvalue weighted by Gasteiger charge is 2.17. The van der Waals surface area contributed by atoms with Crippen LogP contribution in [-0.4, -0.2) is 57.0 Å². The van der Waals surface area contributed by atoms with Crippen molar-refractivity contribution in [2.45, 2.75) is 20.3 Å². The summed E-state index contributed by atoms with van der Waals surface area (Å²) in [5, 5.41) is 3.81. The second kappa shape index (κ2) is 12.6. The summed E-state index contributed by atoms with van der Waals surface area (Å²) in [6.45, 7) is 7.74. The van der Waals surface area contributed by atoms with E-state index in [1.54, 1.807) is 12.3 Å². The highest BCUT2D eigenvalue weighted by atomic mass is 32.1. The monoisotopic (exact) mass is 538 g/mol. The lowest BCUT2D eigenvalue weighted by atomic mass is 10.1. The molecule has 2 aromatic carbocycles. The van der Waals surface area contributed by atoms with Gasteiger partial charge in [-0.1, -0.05) is 67.6 Å². The van der Waals surface area contributed by atoms with E-state index in [2.05, 4.69) is 39.0 Å². The molecular formula is C30H30N6O2S. The number of carbonyl (C=O) groups is 1. The third-order valence-electron chi connectivity index (χ3n) is 6.30. The average molecular weight is 539 g/mol. The van der Waals surface area contributed by atoms with E-state index in [0.717, 1.165) is 52.5 Å². The summed E-state index contributed by atoms with van der Waals surface area (Å²) in [5.41, 5.74) is 3.32. The lowest BCUT2D eigenvalue weighted by molar-refractivity contribution is 0.102. The molecule has 5 rings (SSSR count). The highest BCUT2D eigenvalue weighted by Crippen LogP contribution is 2.34. The Morgan fingerprint density at radius 1 is 0.949 bits per heavy atom. The van der Waals surface area contributed by atoms with Crippen molar-refractivity contribution in [1.82, 2.24) is 24.8 Å². The van der Waals surface area contributed by atoms with Crippen molar-refractivity contribution < 1.29 is 9.53 Å². The molecule has 8 nitrogen and oxygen atoms in total. The van der Waals surface area contributed by atoms with Gasteiger partial charge in [0.2, 0.25) is 5.88 Å². The van der Waals surface area contributed by atoms with Crippen LogP contribution < -0.4 is 10.1 Å². The number of nitrogens with zero attached hydrogens (tertiary/aromatic N) is 5. The van der Waals surface area contributed by atoms with Crippen LogP contribution in [0.5, 0.6) is 5.88 Å². The summed E-state index contributed by atoms with van der Waals surface area (Å²) in [5.74, 6) is 0.459. The second-order valence-corrected chi connectivity index (χ2v) is 9.83. The van der Waals surface area contributed by atoms with Gasteiger partial charge in [0.15, 0.2) is 5.82 Å². The van der Waals surface area contributed by atoms with Crippen molar-refractivity contribution in [3.8, 4) is 27.8 Å². The summed E-state index contributed by atoms with van der Waals surface area (Å²) in [6, 6.07) is 22.6. The van der Waals surface area contributed by atoms with Crippen LogP contribution in [0.15, 0.2) is 79.0 Å². The molecule has 0 saturated heterocycles. The van der Waals surface area contributed by atoms with Gasteiger partial charge in [-0.2, -0.15) is 4.98 Å². The minimum atomic E-state index is -0.353. The van der Waals surface area contributed by atoms with Gasteiger partial charge in [0.1, 0.15) is 21.0 Å². The van der Waals surface area contributed by atoms with Crippen LogP contribution in [0, 0.1) is 0 Å². The largest absolute Gasteiger partial charge is 0.478 e. The molecular weight excluding hydrogens is 508 g/mol.